The Morgan fingerprint density at radius 2 is 2.04 bits per heavy atom. The van der Waals surface area contributed by atoms with Crippen LogP contribution in [0.25, 0.3) is 0 Å². The number of aromatic amines is 1. The number of aryl methyl sites for hydroxylation is 2. The molecule has 7 heteroatoms. The van der Waals surface area contributed by atoms with Gasteiger partial charge in [0.1, 0.15) is 5.60 Å². The molecule has 1 aromatic heterocycles. The molecule has 1 aliphatic heterocycles. The van der Waals surface area contributed by atoms with Crippen molar-refractivity contribution in [1.29, 1.82) is 0 Å². The molecule has 3 rings (SSSR count). The zero-order valence-corrected chi connectivity index (χ0v) is 14.1. The summed E-state index contributed by atoms with van der Waals surface area (Å²) in [5.41, 5.74) is -0.176. The Hall–Kier alpha value is -2.67. The monoisotopic (exact) mass is 343 g/mol. The van der Waals surface area contributed by atoms with Crippen molar-refractivity contribution in [3.63, 3.8) is 0 Å². The Balaban J connectivity index is 1.65. The van der Waals surface area contributed by atoms with E-state index in [1.165, 1.54) is 16.8 Å². The highest BCUT2D eigenvalue weighted by Gasteiger charge is 2.40. The van der Waals surface area contributed by atoms with Crippen LogP contribution in [0.3, 0.4) is 0 Å². The highest BCUT2D eigenvalue weighted by atomic mass is 16.3. The van der Waals surface area contributed by atoms with Crippen LogP contribution in [0.15, 0.2) is 46.1 Å². The van der Waals surface area contributed by atoms with E-state index in [0.29, 0.717) is 13.0 Å². The summed E-state index contributed by atoms with van der Waals surface area (Å²) in [5.74, 6) is -0.123. The average Bonchev–Trinajstić information content (AvgIpc) is 2.97. The van der Waals surface area contributed by atoms with Crippen LogP contribution in [0.2, 0.25) is 0 Å². The molecule has 0 aliphatic carbocycles. The number of rotatable bonds is 4. The zero-order chi connectivity index (χ0) is 18.0. The highest BCUT2D eigenvalue weighted by Crippen LogP contribution is 2.33. The number of H-pyrrole nitrogens is 1. The van der Waals surface area contributed by atoms with E-state index in [1.54, 1.807) is 4.90 Å². The number of nitrogens with zero attached hydrogens (tertiary/aromatic N) is 2. The molecule has 1 atom stereocenters. The first kappa shape index (κ1) is 17.2. The van der Waals surface area contributed by atoms with Gasteiger partial charge in [0.05, 0.1) is 6.54 Å². The minimum atomic E-state index is -1.03. The van der Waals surface area contributed by atoms with Gasteiger partial charge in [0, 0.05) is 31.8 Å². The molecule has 0 bridgehead atoms. The van der Waals surface area contributed by atoms with Crippen LogP contribution in [-0.4, -0.2) is 38.6 Å². The van der Waals surface area contributed by atoms with E-state index in [1.807, 2.05) is 31.2 Å². The second-order valence-corrected chi connectivity index (χ2v) is 6.47. The van der Waals surface area contributed by atoms with E-state index in [9.17, 15) is 19.5 Å². The van der Waals surface area contributed by atoms with E-state index in [0.717, 1.165) is 11.1 Å². The normalized spacial score (nSPS) is 20.0. The quantitative estimate of drug-likeness (QED) is 0.838. The van der Waals surface area contributed by atoms with Gasteiger partial charge in [-0.25, -0.2) is 4.79 Å². The van der Waals surface area contributed by atoms with Crippen molar-refractivity contribution in [2.75, 3.05) is 13.1 Å². The lowest BCUT2D eigenvalue weighted by atomic mass is 9.89. The number of nitrogens with one attached hydrogen (secondary N) is 1. The lowest BCUT2D eigenvalue weighted by molar-refractivity contribution is -0.131. The van der Waals surface area contributed by atoms with Gasteiger partial charge < -0.3 is 14.6 Å². The third-order valence-corrected chi connectivity index (χ3v) is 4.71. The molecule has 0 saturated carbocycles. The molecule has 0 radical (unpaired) electrons. The lowest BCUT2D eigenvalue weighted by Crippen LogP contribution is -2.36. The highest BCUT2D eigenvalue weighted by molar-refractivity contribution is 5.76. The van der Waals surface area contributed by atoms with E-state index in [-0.39, 0.29) is 25.4 Å². The van der Waals surface area contributed by atoms with Crippen molar-refractivity contribution >= 4 is 5.91 Å². The molecule has 25 heavy (non-hydrogen) atoms. The predicted octanol–water partition coefficient (Wildman–Crippen LogP) is 0.355. The Morgan fingerprint density at radius 3 is 2.76 bits per heavy atom. The summed E-state index contributed by atoms with van der Waals surface area (Å²) in [4.78, 5) is 38.9. The van der Waals surface area contributed by atoms with Gasteiger partial charge in [-0.3, -0.25) is 14.6 Å². The summed E-state index contributed by atoms with van der Waals surface area (Å²) in [6.45, 7) is 2.86. The summed E-state index contributed by atoms with van der Waals surface area (Å²) in [5, 5.41) is 10.9. The summed E-state index contributed by atoms with van der Waals surface area (Å²) < 4.78 is 1.29. The Bertz CT molecular complexity index is 901. The van der Waals surface area contributed by atoms with Crippen LogP contribution < -0.4 is 11.2 Å². The fourth-order valence-electron chi connectivity index (χ4n) is 3.32. The van der Waals surface area contributed by atoms with Crippen LogP contribution >= 0.6 is 0 Å². The molecule has 1 saturated heterocycles. The third-order valence-electron chi connectivity index (χ3n) is 4.71. The number of carbonyl (C=O) groups is 1. The summed E-state index contributed by atoms with van der Waals surface area (Å²) in [6, 6.07) is 8.89. The van der Waals surface area contributed by atoms with Gasteiger partial charge in [0.25, 0.3) is 5.56 Å². The lowest BCUT2D eigenvalue weighted by Gasteiger charge is -2.25. The molecule has 2 N–H and O–H groups in total. The van der Waals surface area contributed by atoms with Crippen LogP contribution in [0, 0.1) is 6.92 Å². The van der Waals surface area contributed by atoms with Gasteiger partial charge in [-0.1, -0.05) is 24.3 Å². The van der Waals surface area contributed by atoms with Gasteiger partial charge >= 0.3 is 5.69 Å². The number of likely N-dealkylation sites (tertiary alicyclic amines) is 1. The zero-order valence-electron chi connectivity index (χ0n) is 14.1. The topological polar surface area (TPSA) is 95.4 Å². The number of benzene rings is 1. The SMILES string of the molecule is Cc1ccccc1[C@@]1(O)CCN(C(=O)CCn2ccc(=O)[nH]c2=O)C1. The minimum absolute atomic E-state index is 0.123. The van der Waals surface area contributed by atoms with Crippen LogP contribution in [0.4, 0.5) is 0 Å². The first-order valence-corrected chi connectivity index (χ1v) is 8.25. The molecule has 1 fully saturated rings. The predicted molar refractivity (Wildman–Crippen MR) is 92.2 cm³/mol. The van der Waals surface area contributed by atoms with Crippen LogP contribution in [0.5, 0.6) is 0 Å². The van der Waals surface area contributed by atoms with E-state index in [4.69, 9.17) is 0 Å². The fourth-order valence-corrected chi connectivity index (χ4v) is 3.32. The molecule has 0 unspecified atom stereocenters. The first-order chi connectivity index (χ1) is 11.9. The van der Waals surface area contributed by atoms with Crippen molar-refractivity contribution in [2.45, 2.75) is 31.9 Å². The van der Waals surface area contributed by atoms with Gasteiger partial charge in [0.2, 0.25) is 5.91 Å². The summed E-state index contributed by atoms with van der Waals surface area (Å²) >= 11 is 0. The fraction of sp³-hybridized carbons (Fsp3) is 0.389. The Labute approximate surface area is 144 Å². The van der Waals surface area contributed by atoms with Crippen LogP contribution in [-0.2, 0) is 16.9 Å². The van der Waals surface area contributed by atoms with E-state index in [2.05, 4.69) is 4.98 Å². The van der Waals surface area contributed by atoms with Crippen molar-refractivity contribution in [3.05, 3.63) is 68.5 Å². The molecule has 7 nitrogen and oxygen atoms in total. The molecule has 2 aromatic rings. The molecule has 0 spiro atoms. The Kier molecular flexibility index (Phi) is 4.59. The number of aliphatic hydroxyl groups is 1. The number of β-amino-alcohol motifs (C(OH)–C–C–N with tert-alkyl or cyclic N) is 1. The van der Waals surface area contributed by atoms with Crippen molar-refractivity contribution in [2.24, 2.45) is 0 Å². The van der Waals surface area contributed by atoms with Gasteiger partial charge in [-0.05, 0) is 24.5 Å². The number of carbonyl (C=O) groups excluding carboxylic acids is 1. The Morgan fingerprint density at radius 1 is 1.28 bits per heavy atom. The largest absolute Gasteiger partial charge is 0.383 e. The van der Waals surface area contributed by atoms with Crippen molar-refractivity contribution in [1.82, 2.24) is 14.5 Å². The van der Waals surface area contributed by atoms with Gasteiger partial charge in [-0.2, -0.15) is 0 Å². The van der Waals surface area contributed by atoms with Crippen LogP contribution in [0.1, 0.15) is 24.0 Å². The molecule has 1 aliphatic rings. The van der Waals surface area contributed by atoms with Gasteiger partial charge in [-0.15, -0.1) is 0 Å². The van der Waals surface area contributed by atoms with Crippen molar-refractivity contribution in [3.8, 4) is 0 Å². The minimum Gasteiger partial charge on any atom is -0.383 e. The number of hydrogen-bond acceptors (Lipinski definition) is 4. The standard InChI is InChI=1S/C18H21N3O4/c1-13-4-2-3-5-14(13)18(25)8-11-21(12-18)16(23)7-10-20-9-6-15(22)19-17(20)24/h2-6,9,25H,7-8,10-12H2,1H3,(H,19,22,24)/t18-/m1/s1. The van der Waals surface area contributed by atoms with E-state index >= 15 is 0 Å². The second-order valence-electron chi connectivity index (χ2n) is 6.47. The molecular formula is C18H21N3O4. The smallest absolute Gasteiger partial charge is 0.328 e. The molecule has 2 heterocycles. The van der Waals surface area contributed by atoms with Crippen molar-refractivity contribution < 1.29 is 9.90 Å². The first-order valence-electron chi connectivity index (χ1n) is 8.25. The number of amides is 1. The molecule has 1 aromatic carbocycles. The number of hydrogen-bond donors (Lipinski definition) is 2. The summed E-state index contributed by atoms with van der Waals surface area (Å²) in [6.07, 6.45) is 2.00. The maximum absolute atomic E-state index is 12.4. The molecule has 132 valence electrons. The second kappa shape index (κ2) is 6.68. The molecule has 1 amide bonds. The van der Waals surface area contributed by atoms with E-state index < -0.39 is 16.9 Å². The average molecular weight is 343 g/mol. The maximum atomic E-state index is 12.4. The maximum Gasteiger partial charge on any atom is 0.328 e. The number of aromatic nitrogens is 2. The summed E-state index contributed by atoms with van der Waals surface area (Å²) in [7, 11) is 0. The third kappa shape index (κ3) is 3.56. The van der Waals surface area contributed by atoms with Gasteiger partial charge in [0.15, 0.2) is 0 Å². The molecular weight excluding hydrogens is 322 g/mol.